The number of sulfone groups is 1. The van der Waals surface area contributed by atoms with Gasteiger partial charge >= 0.3 is 6.18 Å². The number of alkyl halides is 3. The van der Waals surface area contributed by atoms with Crippen molar-refractivity contribution in [1.29, 1.82) is 0 Å². The van der Waals surface area contributed by atoms with E-state index in [0.29, 0.717) is 11.1 Å². The van der Waals surface area contributed by atoms with Crippen LogP contribution in [0.3, 0.4) is 0 Å². The van der Waals surface area contributed by atoms with Crippen LogP contribution in [0.5, 0.6) is 0 Å². The van der Waals surface area contributed by atoms with E-state index in [0.717, 1.165) is 0 Å². The molecule has 1 aromatic carbocycles. The van der Waals surface area contributed by atoms with Gasteiger partial charge in [0.05, 0.1) is 5.75 Å². The molecule has 0 bridgehead atoms. The fourth-order valence-corrected chi connectivity index (χ4v) is 3.65. The summed E-state index contributed by atoms with van der Waals surface area (Å²) in [6, 6.07) is 6.48. The second kappa shape index (κ2) is 5.92. The highest BCUT2D eigenvalue weighted by atomic mass is 32.2. The molecule has 0 aromatic heterocycles. The molecule has 108 valence electrons. The summed E-state index contributed by atoms with van der Waals surface area (Å²) in [5.41, 5.74) is 6.12. The third kappa shape index (κ3) is 4.21. The molecule has 0 amide bonds. The zero-order valence-electron chi connectivity index (χ0n) is 10.4. The van der Waals surface area contributed by atoms with Gasteiger partial charge in [-0.15, -0.1) is 0 Å². The third-order valence-electron chi connectivity index (χ3n) is 2.85. The van der Waals surface area contributed by atoms with E-state index in [4.69, 9.17) is 5.73 Å². The molecule has 0 saturated carbocycles. The Bertz CT molecular complexity index is 526. The van der Waals surface area contributed by atoms with E-state index in [1.807, 2.05) is 0 Å². The lowest BCUT2D eigenvalue weighted by Crippen LogP contribution is -2.39. The summed E-state index contributed by atoms with van der Waals surface area (Å²) in [6.45, 7) is 1.34. The van der Waals surface area contributed by atoms with Gasteiger partial charge in [0.1, 0.15) is 0 Å². The summed E-state index contributed by atoms with van der Waals surface area (Å²) < 4.78 is 62.1. The Kier molecular flexibility index (Phi) is 4.98. The van der Waals surface area contributed by atoms with E-state index in [2.05, 4.69) is 0 Å². The number of aryl methyl sites for hydroxylation is 1. The van der Waals surface area contributed by atoms with Crippen LogP contribution in [0.2, 0.25) is 0 Å². The summed E-state index contributed by atoms with van der Waals surface area (Å²) in [5.74, 6) is -0.621. The van der Waals surface area contributed by atoms with Crippen LogP contribution in [-0.4, -0.2) is 26.4 Å². The maximum absolute atomic E-state index is 12.8. The molecular formula is C12H16F3NO2S. The number of halogens is 3. The van der Waals surface area contributed by atoms with Crippen LogP contribution in [0, 0.1) is 6.92 Å². The smallest absolute Gasteiger partial charge is 0.330 e. The van der Waals surface area contributed by atoms with E-state index in [1.54, 1.807) is 25.1 Å². The maximum Gasteiger partial charge on any atom is 0.405 e. The normalized spacial score (nSPS) is 14.4. The lowest BCUT2D eigenvalue weighted by molar-refractivity contribution is -0.131. The van der Waals surface area contributed by atoms with E-state index >= 15 is 0 Å². The zero-order chi connectivity index (χ0) is 14.7. The van der Waals surface area contributed by atoms with Crippen molar-refractivity contribution in [2.75, 3.05) is 6.54 Å². The minimum Gasteiger partial charge on any atom is -0.330 e. The summed E-state index contributed by atoms with van der Waals surface area (Å²) in [4.78, 5) is 0. The molecule has 0 spiro atoms. The van der Waals surface area contributed by atoms with Gasteiger partial charge in [0.2, 0.25) is 0 Å². The monoisotopic (exact) mass is 295 g/mol. The molecule has 1 atom stereocenters. The fraction of sp³-hybridized carbons (Fsp3) is 0.500. The van der Waals surface area contributed by atoms with Crippen molar-refractivity contribution >= 4 is 9.84 Å². The molecule has 0 fully saturated rings. The first-order chi connectivity index (χ1) is 8.68. The molecule has 1 unspecified atom stereocenters. The highest BCUT2D eigenvalue weighted by molar-refractivity contribution is 7.91. The zero-order valence-corrected chi connectivity index (χ0v) is 11.3. The first-order valence-electron chi connectivity index (χ1n) is 5.71. The molecule has 0 radical (unpaired) electrons. The summed E-state index contributed by atoms with van der Waals surface area (Å²) >= 11 is 0. The van der Waals surface area contributed by atoms with Gasteiger partial charge < -0.3 is 5.73 Å². The van der Waals surface area contributed by atoms with Crippen LogP contribution in [0.15, 0.2) is 24.3 Å². The predicted molar refractivity (Wildman–Crippen MR) is 67.3 cm³/mol. The van der Waals surface area contributed by atoms with Crippen LogP contribution >= 0.6 is 0 Å². The Balaban J connectivity index is 3.06. The van der Waals surface area contributed by atoms with Crippen molar-refractivity contribution in [2.45, 2.75) is 30.5 Å². The molecule has 0 aliphatic heterocycles. The number of hydrogen-bond acceptors (Lipinski definition) is 3. The van der Waals surface area contributed by atoms with Crippen molar-refractivity contribution in [2.24, 2.45) is 5.73 Å². The Morgan fingerprint density at radius 2 is 1.84 bits per heavy atom. The molecule has 19 heavy (non-hydrogen) atoms. The number of benzene rings is 1. The number of hydrogen-bond donors (Lipinski definition) is 1. The van der Waals surface area contributed by atoms with Crippen molar-refractivity contribution < 1.29 is 21.6 Å². The summed E-state index contributed by atoms with van der Waals surface area (Å²) in [7, 11) is -4.32. The van der Waals surface area contributed by atoms with Gasteiger partial charge in [-0.05, 0) is 31.0 Å². The van der Waals surface area contributed by atoms with Crippen molar-refractivity contribution in [1.82, 2.24) is 0 Å². The molecule has 7 heteroatoms. The molecule has 0 aliphatic carbocycles. The minimum atomic E-state index is -4.79. The maximum atomic E-state index is 12.8. The topological polar surface area (TPSA) is 60.2 Å². The highest BCUT2D eigenvalue weighted by Crippen LogP contribution is 2.30. The predicted octanol–water partition coefficient (Wildman–Crippen LogP) is 2.19. The van der Waals surface area contributed by atoms with E-state index in [1.165, 1.54) is 6.07 Å². The van der Waals surface area contributed by atoms with E-state index in [9.17, 15) is 21.6 Å². The largest absolute Gasteiger partial charge is 0.405 e. The van der Waals surface area contributed by atoms with Crippen LogP contribution in [0.4, 0.5) is 13.2 Å². The Morgan fingerprint density at radius 1 is 1.26 bits per heavy atom. The van der Waals surface area contributed by atoms with Crippen LogP contribution in [-0.2, 0) is 15.6 Å². The summed E-state index contributed by atoms with van der Waals surface area (Å²) in [6.07, 6.45) is -5.40. The van der Waals surface area contributed by atoms with E-state index in [-0.39, 0.29) is 6.54 Å². The second-order valence-corrected chi connectivity index (χ2v) is 6.52. The molecule has 3 nitrogen and oxygen atoms in total. The van der Waals surface area contributed by atoms with Gasteiger partial charge in [0.15, 0.2) is 15.1 Å². The number of nitrogens with two attached hydrogens (primary N) is 1. The number of rotatable bonds is 5. The molecular weight excluding hydrogens is 279 g/mol. The van der Waals surface area contributed by atoms with Crippen molar-refractivity contribution in [3.63, 3.8) is 0 Å². The van der Waals surface area contributed by atoms with Crippen molar-refractivity contribution in [3.8, 4) is 0 Å². The molecule has 0 heterocycles. The quantitative estimate of drug-likeness (QED) is 0.906. The highest BCUT2D eigenvalue weighted by Gasteiger charge is 2.47. The van der Waals surface area contributed by atoms with E-state index < -0.39 is 33.4 Å². The van der Waals surface area contributed by atoms with Gasteiger partial charge in [-0.2, -0.15) is 13.2 Å². The molecule has 1 aromatic rings. The lowest BCUT2D eigenvalue weighted by atomic mass is 10.1. The molecule has 0 saturated heterocycles. The van der Waals surface area contributed by atoms with Gasteiger partial charge in [0, 0.05) is 0 Å². The average molecular weight is 295 g/mol. The van der Waals surface area contributed by atoms with Crippen LogP contribution in [0.25, 0.3) is 0 Å². The van der Waals surface area contributed by atoms with Crippen LogP contribution < -0.4 is 5.73 Å². The van der Waals surface area contributed by atoms with Crippen molar-refractivity contribution in [3.05, 3.63) is 35.4 Å². The van der Waals surface area contributed by atoms with Gasteiger partial charge in [-0.1, -0.05) is 24.3 Å². The Labute approximate surface area is 110 Å². The lowest BCUT2D eigenvalue weighted by Gasteiger charge is -2.20. The Morgan fingerprint density at radius 3 is 2.32 bits per heavy atom. The fourth-order valence-electron chi connectivity index (χ4n) is 1.79. The standard InChI is InChI=1S/C12H16F3NO2S/c1-9-4-2-3-5-10(9)8-19(17,18)11(6-7-16)12(13,14)15/h2-5,11H,6-8,16H2,1H3. The minimum absolute atomic E-state index is 0.322. The SMILES string of the molecule is Cc1ccccc1CS(=O)(=O)C(CCN)C(F)(F)F. The third-order valence-corrected chi connectivity index (χ3v) is 4.93. The molecule has 2 N–H and O–H groups in total. The first-order valence-corrected chi connectivity index (χ1v) is 7.43. The Hall–Kier alpha value is -1.08. The van der Waals surface area contributed by atoms with Gasteiger partial charge in [-0.3, -0.25) is 0 Å². The molecule has 1 rings (SSSR count). The van der Waals surface area contributed by atoms with Gasteiger partial charge in [0.25, 0.3) is 0 Å². The average Bonchev–Trinajstić information content (AvgIpc) is 2.27. The second-order valence-electron chi connectivity index (χ2n) is 4.34. The van der Waals surface area contributed by atoms with Crippen LogP contribution in [0.1, 0.15) is 17.5 Å². The summed E-state index contributed by atoms with van der Waals surface area (Å²) in [5, 5.41) is -2.40. The first kappa shape index (κ1) is 16.0. The molecule has 0 aliphatic rings. The van der Waals surface area contributed by atoms with Gasteiger partial charge in [-0.25, -0.2) is 8.42 Å².